The molecule has 14 nitrogen and oxygen atoms in total. The molecule has 0 radical (unpaired) electrons. The van der Waals surface area contributed by atoms with Gasteiger partial charge in [0.2, 0.25) is 0 Å². The van der Waals surface area contributed by atoms with Crippen molar-refractivity contribution in [2.75, 3.05) is 14.1 Å². The first-order valence-electron chi connectivity index (χ1n) is 16.9. The first-order chi connectivity index (χ1) is 27.4. The van der Waals surface area contributed by atoms with Crippen LogP contribution in [-0.4, -0.2) is 47.8 Å². The molecule has 4 aromatic carbocycles. The van der Waals surface area contributed by atoms with Crippen molar-refractivity contribution in [1.29, 1.82) is 0 Å². The lowest BCUT2D eigenvalue weighted by atomic mass is 10.1. The van der Waals surface area contributed by atoms with Gasteiger partial charge in [-0.1, -0.05) is 24.3 Å². The topological polar surface area (TPSA) is 237 Å². The molecule has 0 unspecified atom stereocenters. The van der Waals surface area contributed by atoms with E-state index in [0.29, 0.717) is 11.5 Å². The molecule has 0 aliphatic carbocycles. The molecule has 58 heavy (non-hydrogen) atoms. The number of rotatable bonds is 8. The Bertz CT molecular complexity index is 2530. The molecular formula is C38H36F6N10O4. The van der Waals surface area contributed by atoms with E-state index in [1.165, 1.54) is 26.2 Å². The summed E-state index contributed by atoms with van der Waals surface area (Å²) in [4.78, 5) is 36.9. The van der Waals surface area contributed by atoms with Gasteiger partial charge in [0.25, 0.3) is 11.8 Å². The average molecular weight is 811 g/mol. The average Bonchev–Trinajstić information content (AvgIpc) is 3.83. The van der Waals surface area contributed by atoms with Gasteiger partial charge in [-0.2, -0.15) is 26.3 Å². The van der Waals surface area contributed by atoms with Crippen molar-refractivity contribution in [3.63, 3.8) is 0 Å². The molecule has 0 saturated carbocycles. The number of aromatic amines is 2. The normalized spacial score (nSPS) is 12.2. The largest absolute Gasteiger partial charge is 0.457 e. The van der Waals surface area contributed by atoms with Crippen LogP contribution >= 0.6 is 0 Å². The Hall–Kier alpha value is -7.06. The highest BCUT2D eigenvalue weighted by atomic mass is 19.4. The quantitative estimate of drug-likeness (QED) is 0.0498. The first kappa shape index (κ1) is 42.1. The second-order valence-electron chi connectivity index (χ2n) is 12.2. The maximum absolute atomic E-state index is 13.6. The van der Waals surface area contributed by atoms with Crippen LogP contribution in [0.25, 0.3) is 21.8 Å². The van der Waals surface area contributed by atoms with E-state index in [4.69, 9.17) is 32.4 Å². The van der Waals surface area contributed by atoms with Gasteiger partial charge < -0.3 is 42.4 Å². The highest BCUT2D eigenvalue weighted by molar-refractivity contribution is 6.08. The molecule has 0 saturated heterocycles. The van der Waals surface area contributed by atoms with Gasteiger partial charge in [-0.3, -0.25) is 30.2 Å². The number of hydrogen-bond donors (Lipinski definition) is 8. The number of H-pyrrole nitrogens is 2. The Kier molecular flexibility index (Phi) is 12.6. The summed E-state index contributed by atoms with van der Waals surface area (Å²) in [7, 11) is 2.73. The lowest BCUT2D eigenvalue weighted by Crippen LogP contribution is -2.36. The summed E-state index contributed by atoms with van der Waals surface area (Å²) in [5, 5.41) is 4.16. The number of halogens is 6. The number of carbonyl (C=O) groups excluding carboxylic acids is 2. The van der Waals surface area contributed by atoms with Crippen LogP contribution in [0, 0.1) is 0 Å². The number of aliphatic imine (C=N–C) groups is 2. The highest BCUT2D eigenvalue weighted by Gasteiger charge is 2.35. The van der Waals surface area contributed by atoms with Crippen LogP contribution in [0.3, 0.4) is 0 Å². The van der Waals surface area contributed by atoms with Crippen LogP contribution in [-0.2, 0) is 25.4 Å². The van der Waals surface area contributed by atoms with Gasteiger partial charge in [-0.05, 0) is 65.7 Å². The molecule has 0 aliphatic heterocycles. The molecule has 304 valence electrons. The van der Waals surface area contributed by atoms with E-state index in [1.54, 1.807) is 48.5 Å². The Morgan fingerprint density at radius 1 is 0.638 bits per heavy atom. The molecule has 2 amide bonds. The Morgan fingerprint density at radius 3 is 1.67 bits per heavy atom. The number of fused-ring (bicyclic) bond motifs is 2. The van der Waals surface area contributed by atoms with Gasteiger partial charge in [0, 0.05) is 44.0 Å². The van der Waals surface area contributed by atoms with Crippen LogP contribution in [0.15, 0.2) is 94.9 Å². The number of nitrogens with one attached hydrogen (secondary N) is 4. The lowest BCUT2D eigenvalue weighted by Gasteiger charge is -2.12. The monoisotopic (exact) mass is 810 g/mol. The third-order valence-electron chi connectivity index (χ3n) is 8.26. The third-order valence-corrected chi connectivity index (χ3v) is 8.26. The summed E-state index contributed by atoms with van der Waals surface area (Å²) in [6, 6.07) is 20.1. The highest BCUT2D eigenvalue weighted by Crippen LogP contribution is 2.41. The summed E-state index contributed by atoms with van der Waals surface area (Å²) >= 11 is 0. The fourth-order valence-corrected chi connectivity index (χ4v) is 5.49. The minimum Gasteiger partial charge on any atom is -0.457 e. The second-order valence-corrected chi connectivity index (χ2v) is 12.2. The predicted octanol–water partition coefficient (Wildman–Crippen LogP) is 6.22. The standard InChI is InChI=1S/2C19H18F3N5O2/c1-25-18(24)27-17(28)16-8-13-14(19(20,21)22)6-12(7-15(13)26-16)29-11-4-2-3-10(5-11)9-23;1-25-18(24)27-17(28)14-8-12-13(19(20,21)22)5-6-15(16(12)26-14)29-11-4-2-3-10(7-11)9-23/h2*2-8,26H,9,23H2,1H3,(H3,24,25,27,28). The van der Waals surface area contributed by atoms with Crippen LogP contribution in [0.1, 0.15) is 43.2 Å². The zero-order chi connectivity index (χ0) is 42.4. The molecule has 0 bridgehead atoms. The number of aromatic nitrogens is 2. The third kappa shape index (κ3) is 10.0. The van der Waals surface area contributed by atoms with Crippen LogP contribution in [0.4, 0.5) is 26.3 Å². The molecule has 20 heteroatoms. The zero-order valence-corrected chi connectivity index (χ0v) is 30.6. The number of hydrogen-bond acceptors (Lipinski definition) is 8. The molecule has 2 heterocycles. The van der Waals surface area contributed by atoms with Gasteiger partial charge in [-0.15, -0.1) is 0 Å². The Morgan fingerprint density at radius 2 is 1.16 bits per heavy atom. The lowest BCUT2D eigenvalue weighted by molar-refractivity contribution is -0.137. The van der Waals surface area contributed by atoms with Gasteiger partial charge in [-0.25, -0.2) is 0 Å². The van der Waals surface area contributed by atoms with Crippen molar-refractivity contribution >= 4 is 45.5 Å². The number of benzene rings is 4. The molecule has 6 rings (SSSR count). The predicted molar refractivity (Wildman–Crippen MR) is 205 cm³/mol. The first-order valence-corrected chi connectivity index (χ1v) is 16.9. The second kappa shape index (κ2) is 17.4. The fourth-order valence-electron chi connectivity index (χ4n) is 5.49. The number of alkyl halides is 6. The summed E-state index contributed by atoms with van der Waals surface area (Å²) in [5.41, 5.74) is 21.7. The smallest absolute Gasteiger partial charge is 0.417 e. The number of ether oxygens (including phenoxy) is 2. The van der Waals surface area contributed by atoms with E-state index in [9.17, 15) is 35.9 Å². The molecule has 2 aromatic heterocycles. The van der Waals surface area contributed by atoms with Crippen LogP contribution in [0.5, 0.6) is 23.0 Å². The maximum atomic E-state index is 13.6. The summed E-state index contributed by atoms with van der Waals surface area (Å²) in [5.74, 6) is -0.938. The maximum Gasteiger partial charge on any atom is 0.417 e. The van der Waals surface area contributed by atoms with E-state index in [2.05, 4.69) is 30.6 Å². The van der Waals surface area contributed by atoms with Gasteiger partial charge in [0.1, 0.15) is 28.6 Å². The van der Waals surface area contributed by atoms with Crippen molar-refractivity contribution in [2.24, 2.45) is 32.9 Å². The van der Waals surface area contributed by atoms with Gasteiger partial charge in [0.15, 0.2) is 17.7 Å². The number of amides is 2. The van der Waals surface area contributed by atoms with Crippen molar-refractivity contribution in [3.05, 3.63) is 119 Å². The number of carbonyl (C=O) groups is 2. The molecule has 0 fully saturated rings. The molecular weight excluding hydrogens is 774 g/mol. The zero-order valence-electron chi connectivity index (χ0n) is 30.6. The molecule has 6 aromatic rings. The molecule has 0 atom stereocenters. The van der Waals surface area contributed by atoms with E-state index >= 15 is 0 Å². The van der Waals surface area contributed by atoms with E-state index < -0.39 is 35.3 Å². The van der Waals surface area contributed by atoms with E-state index in [1.807, 2.05) is 0 Å². The Balaban J connectivity index is 0.000000221. The van der Waals surface area contributed by atoms with E-state index in [-0.39, 0.29) is 69.7 Å². The van der Waals surface area contributed by atoms with Gasteiger partial charge >= 0.3 is 12.4 Å². The van der Waals surface area contributed by atoms with Crippen LogP contribution < -0.4 is 43.0 Å². The SMILES string of the molecule is CN=C(N)NC(=O)c1cc2c(C(F)(F)F)cc(Oc3cccc(CN)c3)cc2[nH]1.CN=C(N)NC(=O)c1cc2c(C(F)(F)F)ccc(Oc3cccc(CN)c3)c2[nH]1. The number of nitrogens with two attached hydrogens (primary N) is 4. The van der Waals surface area contributed by atoms with Crippen molar-refractivity contribution in [2.45, 2.75) is 25.4 Å². The molecule has 12 N–H and O–H groups in total. The molecule has 0 aliphatic rings. The summed E-state index contributed by atoms with van der Waals surface area (Å²) in [6.07, 6.45) is -9.27. The van der Waals surface area contributed by atoms with Gasteiger partial charge in [0.05, 0.1) is 22.2 Å². The van der Waals surface area contributed by atoms with Crippen molar-refractivity contribution in [3.8, 4) is 23.0 Å². The minimum atomic E-state index is -4.66. The number of guanidine groups is 2. The van der Waals surface area contributed by atoms with Crippen molar-refractivity contribution < 1.29 is 45.4 Å². The minimum absolute atomic E-state index is 0.0233. The summed E-state index contributed by atoms with van der Waals surface area (Å²) in [6.45, 7) is 0.552. The van der Waals surface area contributed by atoms with Crippen LogP contribution in [0.2, 0.25) is 0 Å². The van der Waals surface area contributed by atoms with Crippen molar-refractivity contribution in [1.82, 2.24) is 20.6 Å². The number of nitrogens with zero attached hydrogens (tertiary/aromatic N) is 2. The fraction of sp³-hybridized carbons (Fsp3) is 0.158. The summed E-state index contributed by atoms with van der Waals surface area (Å²) < 4.78 is 92.5. The Labute approximate surface area is 325 Å². The van der Waals surface area contributed by atoms with E-state index in [0.717, 1.165) is 35.4 Å². The molecule has 0 spiro atoms.